The van der Waals surface area contributed by atoms with E-state index in [2.05, 4.69) is 27.9 Å². The van der Waals surface area contributed by atoms with Gasteiger partial charge in [-0.1, -0.05) is 0 Å². The van der Waals surface area contributed by atoms with Crippen molar-refractivity contribution in [2.45, 2.75) is 13.8 Å². The summed E-state index contributed by atoms with van der Waals surface area (Å²) >= 11 is 2.24. The van der Waals surface area contributed by atoms with Gasteiger partial charge in [0, 0.05) is 15.3 Å². The molecule has 21 heavy (non-hydrogen) atoms. The third-order valence-electron chi connectivity index (χ3n) is 2.84. The second-order valence-electron chi connectivity index (χ2n) is 4.38. The van der Waals surface area contributed by atoms with Gasteiger partial charge in [-0.25, -0.2) is 0 Å². The van der Waals surface area contributed by atoms with E-state index in [1.165, 1.54) is 0 Å². The highest BCUT2D eigenvalue weighted by Crippen LogP contribution is 2.33. The monoisotopic (exact) mass is 398 g/mol. The van der Waals surface area contributed by atoms with Crippen LogP contribution in [0.3, 0.4) is 0 Å². The molecule has 0 aliphatic rings. The predicted molar refractivity (Wildman–Crippen MR) is 95.6 cm³/mol. The highest BCUT2D eigenvalue weighted by molar-refractivity contribution is 14.1. The lowest BCUT2D eigenvalue weighted by Crippen LogP contribution is -2.00. The number of ether oxygens (including phenoxy) is 2. The third kappa shape index (κ3) is 4.17. The summed E-state index contributed by atoms with van der Waals surface area (Å²) < 4.78 is 12.3. The Morgan fingerprint density at radius 1 is 1.00 bits per heavy atom. The maximum atomic E-state index is 6.02. The summed E-state index contributed by atoms with van der Waals surface area (Å²) in [6.45, 7) is 5.10. The van der Waals surface area contributed by atoms with E-state index in [1.54, 1.807) is 0 Å². The van der Waals surface area contributed by atoms with E-state index < -0.39 is 0 Å². The van der Waals surface area contributed by atoms with E-state index in [4.69, 9.17) is 15.2 Å². The maximum Gasteiger partial charge on any atom is 0.163 e. The molecule has 0 heterocycles. The molecule has 0 amide bonds. The van der Waals surface area contributed by atoms with Crippen molar-refractivity contribution >= 4 is 39.7 Å². The van der Waals surface area contributed by atoms with Crippen LogP contribution in [0.15, 0.2) is 36.4 Å². The van der Waals surface area contributed by atoms with Gasteiger partial charge in [0.2, 0.25) is 0 Å². The number of hydrogen-bond donors (Lipinski definition) is 2. The van der Waals surface area contributed by atoms with E-state index in [-0.39, 0.29) is 0 Å². The van der Waals surface area contributed by atoms with Crippen LogP contribution >= 0.6 is 22.6 Å². The molecule has 0 aromatic heterocycles. The van der Waals surface area contributed by atoms with E-state index in [9.17, 15) is 0 Å². The number of benzene rings is 2. The van der Waals surface area contributed by atoms with Crippen LogP contribution in [-0.2, 0) is 0 Å². The minimum absolute atomic E-state index is 0.592. The molecule has 2 aromatic carbocycles. The Morgan fingerprint density at radius 3 is 2.38 bits per heavy atom. The van der Waals surface area contributed by atoms with Crippen molar-refractivity contribution in [1.29, 1.82) is 0 Å². The first-order valence-corrected chi connectivity index (χ1v) is 7.93. The second kappa shape index (κ2) is 7.40. The normalized spacial score (nSPS) is 10.2. The molecule has 0 aliphatic heterocycles. The molecule has 0 saturated heterocycles. The second-order valence-corrected chi connectivity index (χ2v) is 5.63. The average Bonchev–Trinajstić information content (AvgIpc) is 2.45. The van der Waals surface area contributed by atoms with Gasteiger partial charge >= 0.3 is 0 Å². The Labute approximate surface area is 138 Å². The lowest BCUT2D eigenvalue weighted by Gasteiger charge is -2.14. The molecule has 0 aliphatic carbocycles. The maximum absolute atomic E-state index is 6.02. The Morgan fingerprint density at radius 2 is 1.71 bits per heavy atom. The molecule has 0 saturated carbocycles. The van der Waals surface area contributed by atoms with Gasteiger partial charge in [-0.05, 0) is 66.8 Å². The molecule has 112 valence electrons. The van der Waals surface area contributed by atoms with Gasteiger partial charge in [0.1, 0.15) is 0 Å². The minimum atomic E-state index is 0.592. The fourth-order valence-corrected chi connectivity index (χ4v) is 2.45. The van der Waals surface area contributed by atoms with Crippen molar-refractivity contribution in [2.24, 2.45) is 0 Å². The number of nitrogens with one attached hydrogen (secondary N) is 1. The Balaban J connectivity index is 2.25. The highest BCUT2D eigenvalue weighted by atomic mass is 127. The molecule has 0 radical (unpaired) electrons. The van der Waals surface area contributed by atoms with Crippen LogP contribution in [0.1, 0.15) is 13.8 Å². The Hall–Kier alpha value is -1.63. The molecule has 3 N–H and O–H groups in total. The van der Waals surface area contributed by atoms with Crippen molar-refractivity contribution in [3.05, 3.63) is 40.0 Å². The van der Waals surface area contributed by atoms with Crippen molar-refractivity contribution in [2.75, 3.05) is 24.3 Å². The molecule has 0 atom stereocenters. The molecule has 0 spiro atoms. The van der Waals surface area contributed by atoms with Crippen LogP contribution in [0.25, 0.3) is 0 Å². The van der Waals surface area contributed by atoms with E-state index in [1.807, 2.05) is 50.2 Å². The molecular weight excluding hydrogens is 379 g/mol. The van der Waals surface area contributed by atoms with Crippen molar-refractivity contribution in [3.8, 4) is 11.5 Å². The van der Waals surface area contributed by atoms with Gasteiger partial charge in [0.05, 0.1) is 24.6 Å². The topological polar surface area (TPSA) is 56.5 Å². The molecule has 0 unspecified atom stereocenters. The quantitative estimate of drug-likeness (QED) is 0.559. The zero-order chi connectivity index (χ0) is 15.2. The number of nitrogens with two attached hydrogens (primary N) is 1. The number of halogens is 1. The first-order chi connectivity index (χ1) is 10.1. The van der Waals surface area contributed by atoms with Gasteiger partial charge < -0.3 is 20.5 Å². The lowest BCUT2D eigenvalue weighted by atomic mass is 10.2. The first kappa shape index (κ1) is 15.8. The Kier molecular flexibility index (Phi) is 5.55. The highest BCUT2D eigenvalue weighted by Gasteiger charge is 2.07. The number of nitrogen functional groups attached to an aromatic ring is 1. The van der Waals surface area contributed by atoms with Crippen LogP contribution in [0.5, 0.6) is 11.5 Å². The van der Waals surface area contributed by atoms with Gasteiger partial charge in [0.25, 0.3) is 0 Å². The zero-order valence-electron chi connectivity index (χ0n) is 12.2. The van der Waals surface area contributed by atoms with Gasteiger partial charge in [-0.2, -0.15) is 0 Å². The minimum Gasteiger partial charge on any atom is -0.490 e. The first-order valence-electron chi connectivity index (χ1n) is 6.85. The summed E-state index contributed by atoms with van der Waals surface area (Å²) in [7, 11) is 0. The lowest BCUT2D eigenvalue weighted by molar-refractivity contribution is 0.288. The molecule has 0 fully saturated rings. The molecule has 2 rings (SSSR count). The van der Waals surface area contributed by atoms with Gasteiger partial charge in [-0.3, -0.25) is 0 Å². The molecule has 0 bridgehead atoms. The predicted octanol–water partition coefficient (Wildman–Crippen LogP) is 4.41. The van der Waals surface area contributed by atoms with Gasteiger partial charge in [-0.15, -0.1) is 0 Å². The average molecular weight is 398 g/mol. The Bertz CT molecular complexity index is 617. The summed E-state index contributed by atoms with van der Waals surface area (Å²) in [5, 5.41) is 3.30. The summed E-state index contributed by atoms with van der Waals surface area (Å²) in [4.78, 5) is 0. The van der Waals surface area contributed by atoms with Crippen LogP contribution < -0.4 is 20.5 Å². The smallest absolute Gasteiger partial charge is 0.163 e. The third-order valence-corrected chi connectivity index (χ3v) is 3.51. The summed E-state index contributed by atoms with van der Waals surface area (Å²) in [5.41, 5.74) is 8.53. The van der Waals surface area contributed by atoms with Crippen molar-refractivity contribution in [1.82, 2.24) is 0 Å². The summed E-state index contributed by atoms with van der Waals surface area (Å²) in [5.74, 6) is 1.48. The van der Waals surface area contributed by atoms with E-state index in [0.717, 1.165) is 26.4 Å². The van der Waals surface area contributed by atoms with Gasteiger partial charge in [0.15, 0.2) is 11.5 Å². The zero-order valence-corrected chi connectivity index (χ0v) is 14.3. The largest absolute Gasteiger partial charge is 0.490 e. The number of anilines is 3. The SMILES string of the molecule is CCOc1ccc(Nc2ccc(I)cc2N)cc1OCC. The number of rotatable bonds is 6. The molecule has 4 nitrogen and oxygen atoms in total. The van der Waals surface area contributed by atoms with Crippen LogP contribution in [-0.4, -0.2) is 13.2 Å². The fraction of sp³-hybridized carbons (Fsp3) is 0.250. The van der Waals surface area contributed by atoms with E-state index >= 15 is 0 Å². The molecule has 2 aromatic rings. The fourth-order valence-electron chi connectivity index (χ4n) is 1.93. The van der Waals surface area contributed by atoms with E-state index in [0.29, 0.717) is 18.9 Å². The number of hydrogen-bond acceptors (Lipinski definition) is 4. The standard InChI is InChI=1S/C16H19IN2O2/c1-3-20-15-8-6-12(10-16(15)21-4-2)19-14-7-5-11(17)9-13(14)18/h5-10,19H,3-4,18H2,1-2H3. The van der Waals surface area contributed by atoms with Crippen molar-refractivity contribution < 1.29 is 9.47 Å². The van der Waals surface area contributed by atoms with Crippen LogP contribution in [0.2, 0.25) is 0 Å². The summed E-state index contributed by atoms with van der Waals surface area (Å²) in [6.07, 6.45) is 0. The van der Waals surface area contributed by atoms with Crippen LogP contribution in [0.4, 0.5) is 17.1 Å². The summed E-state index contributed by atoms with van der Waals surface area (Å²) in [6, 6.07) is 11.7. The van der Waals surface area contributed by atoms with Crippen LogP contribution in [0, 0.1) is 3.57 Å². The molecule has 5 heteroatoms. The molecular formula is C16H19IN2O2. The van der Waals surface area contributed by atoms with Crippen molar-refractivity contribution in [3.63, 3.8) is 0 Å².